The lowest BCUT2D eigenvalue weighted by Gasteiger charge is -2.31. The minimum atomic E-state index is -0.209. The Kier molecular flexibility index (Phi) is 5.68. The first-order chi connectivity index (χ1) is 12.1. The lowest BCUT2D eigenvalue weighted by molar-refractivity contribution is 0.114. The average molecular weight is 348 g/mol. The molecule has 1 aliphatic carbocycles. The van der Waals surface area contributed by atoms with Crippen LogP contribution in [0.15, 0.2) is 18.2 Å². The van der Waals surface area contributed by atoms with Crippen molar-refractivity contribution in [1.82, 2.24) is 10.2 Å². The third-order valence-corrected chi connectivity index (χ3v) is 5.33. The van der Waals surface area contributed by atoms with Gasteiger partial charge in [0.15, 0.2) is 11.5 Å². The second-order valence-electron chi connectivity index (χ2n) is 6.92. The molecule has 1 atom stereocenters. The van der Waals surface area contributed by atoms with E-state index in [1.807, 2.05) is 23.1 Å². The molecular formula is C19H28N2O4. The van der Waals surface area contributed by atoms with Gasteiger partial charge in [0.1, 0.15) is 0 Å². The van der Waals surface area contributed by atoms with E-state index in [-0.39, 0.29) is 24.2 Å². The Labute approximate surface area is 149 Å². The molecule has 2 fully saturated rings. The zero-order valence-electron chi connectivity index (χ0n) is 15.0. The fraction of sp³-hybridized carbons (Fsp3) is 0.632. The number of likely N-dealkylation sites (tertiary alicyclic amines) is 1. The first kappa shape index (κ1) is 17.9. The summed E-state index contributed by atoms with van der Waals surface area (Å²) in [5.74, 6) is 1.38. The van der Waals surface area contributed by atoms with Crippen LogP contribution in [0, 0.1) is 0 Å². The first-order valence-electron chi connectivity index (χ1n) is 9.09. The second kappa shape index (κ2) is 7.95. The van der Waals surface area contributed by atoms with Crippen molar-refractivity contribution in [1.29, 1.82) is 0 Å². The van der Waals surface area contributed by atoms with Crippen molar-refractivity contribution in [2.24, 2.45) is 0 Å². The molecule has 25 heavy (non-hydrogen) atoms. The standard InChI is InChI=1S/C19H28N2O4/c1-24-17-10-5-13(12-18(17)25-2)16-4-3-11-21(16)19(23)20-14-6-8-15(22)9-7-14/h5,10,12,14-16,22H,3-4,6-9,11H2,1-2H3,(H,20,23)/t14?,15?,16-/m0/s1. The molecule has 0 bridgehead atoms. The number of aliphatic hydroxyl groups excluding tert-OH is 1. The maximum atomic E-state index is 12.8. The molecule has 0 spiro atoms. The zero-order chi connectivity index (χ0) is 17.8. The van der Waals surface area contributed by atoms with E-state index < -0.39 is 0 Å². The highest BCUT2D eigenvalue weighted by atomic mass is 16.5. The summed E-state index contributed by atoms with van der Waals surface area (Å²) in [6.45, 7) is 0.764. The fourth-order valence-electron chi connectivity index (χ4n) is 3.89. The van der Waals surface area contributed by atoms with E-state index in [0.29, 0.717) is 11.5 Å². The number of nitrogens with one attached hydrogen (secondary N) is 1. The van der Waals surface area contributed by atoms with Gasteiger partial charge in [0, 0.05) is 12.6 Å². The number of carbonyl (C=O) groups excluding carboxylic acids is 1. The first-order valence-corrected chi connectivity index (χ1v) is 9.09. The van der Waals surface area contributed by atoms with Crippen molar-refractivity contribution in [2.45, 2.75) is 56.7 Å². The van der Waals surface area contributed by atoms with Gasteiger partial charge in [0.2, 0.25) is 0 Å². The second-order valence-corrected chi connectivity index (χ2v) is 6.92. The Morgan fingerprint density at radius 1 is 1.12 bits per heavy atom. The summed E-state index contributed by atoms with van der Waals surface area (Å²) in [5.41, 5.74) is 1.07. The van der Waals surface area contributed by atoms with E-state index in [0.717, 1.165) is 50.6 Å². The molecular weight excluding hydrogens is 320 g/mol. The van der Waals surface area contributed by atoms with Crippen molar-refractivity contribution in [2.75, 3.05) is 20.8 Å². The number of nitrogens with zero attached hydrogens (tertiary/aromatic N) is 1. The van der Waals surface area contributed by atoms with Crippen molar-refractivity contribution < 1.29 is 19.4 Å². The number of carbonyl (C=O) groups is 1. The molecule has 3 rings (SSSR count). The minimum absolute atomic E-state index is 0.00123. The number of methoxy groups -OCH3 is 2. The SMILES string of the molecule is COc1ccc([C@@H]2CCCN2C(=O)NC2CCC(O)CC2)cc1OC. The average Bonchev–Trinajstić information content (AvgIpc) is 3.13. The Balaban J connectivity index is 1.68. The maximum absolute atomic E-state index is 12.8. The van der Waals surface area contributed by atoms with Gasteiger partial charge >= 0.3 is 6.03 Å². The van der Waals surface area contributed by atoms with Gasteiger partial charge in [-0.15, -0.1) is 0 Å². The number of hydrogen-bond acceptors (Lipinski definition) is 4. The van der Waals surface area contributed by atoms with Gasteiger partial charge in [0.25, 0.3) is 0 Å². The van der Waals surface area contributed by atoms with Crippen LogP contribution in [-0.4, -0.2) is 48.9 Å². The zero-order valence-corrected chi connectivity index (χ0v) is 15.0. The molecule has 6 heteroatoms. The normalized spacial score (nSPS) is 26.4. The molecule has 1 aromatic carbocycles. The minimum Gasteiger partial charge on any atom is -0.493 e. The molecule has 0 unspecified atom stereocenters. The van der Waals surface area contributed by atoms with Crippen LogP contribution in [0.5, 0.6) is 11.5 Å². The predicted molar refractivity (Wildman–Crippen MR) is 95.0 cm³/mol. The number of aliphatic hydroxyl groups is 1. The van der Waals surface area contributed by atoms with E-state index in [4.69, 9.17) is 9.47 Å². The highest BCUT2D eigenvalue weighted by molar-refractivity contribution is 5.75. The van der Waals surface area contributed by atoms with E-state index in [2.05, 4.69) is 5.32 Å². The van der Waals surface area contributed by atoms with Crippen LogP contribution in [0.25, 0.3) is 0 Å². The Morgan fingerprint density at radius 2 is 1.84 bits per heavy atom. The number of ether oxygens (including phenoxy) is 2. The Bertz CT molecular complexity index is 599. The molecule has 6 nitrogen and oxygen atoms in total. The van der Waals surface area contributed by atoms with Crippen LogP contribution < -0.4 is 14.8 Å². The van der Waals surface area contributed by atoms with Crippen LogP contribution in [0.4, 0.5) is 4.79 Å². The summed E-state index contributed by atoms with van der Waals surface area (Å²) in [7, 11) is 3.24. The molecule has 1 saturated carbocycles. The maximum Gasteiger partial charge on any atom is 0.318 e. The number of rotatable bonds is 4. The van der Waals surface area contributed by atoms with Crippen LogP contribution in [0.1, 0.15) is 50.1 Å². The van der Waals surface area contributed by atoms with Gasteiger partial charge in [0.05, 0.1) is 26.4 Å². The summed E-state index contributed by atoms with van der Waals surface area (Å²) >= 11 is 0. The Morgan fingerprint density at radius 3 is 2.52 bits per heavy atom. The number of benzene rings is 1. The Hall–Kier alpha value is -1.95. The van der Waals surface area contributed by atoms with Crippen LogP contribution in [-0.2, 0) is 0 Å². The van der Waals surface area contributed by atoms with E-state index in [1.165, 1.54) is 0 Å². The van der Waals surface area contributed by atoms with Crippen molar-refractivity contribution in [3.8, 4) is 11.5 Å². The lowest BCUT2D eigenvalue weighted by atomic mass is 9.93. The van der Waals surface area contributed by atoms with Crippen molar-refractivity contribution in [3.05, 3.63) is 23.8 Å². The largest absolute Gasteiger partial charge is 0.493 e. The van der Waals surface area contributed by atoms with E-state index in [1.54, 1.807) is 14.2 Å². The molecule has 2 N–H and O–H groups in total. The smallest absolute Gasteiger partial charge is 0.318 e. The van der Waals surface area contributed by atoms with Crippen LogP contribution in [0.2, 0.25) is 0 Å². The van der Waals surface area contributed by atoms with Gasteiger partial charge in [-0.3, -0.25) is 0 Å². The third-order valence-electron chi connectivity index (χ3n) is 5.33. The van der Waals surface area contributed by atoms with Crippen LogP contribution >= 0.6 is 0 Å². The molecule has 1 aromatic rings. The topological polar surface area (TPSA) is 71.0 Å². The summed E-state index contributed by atoms with van der Waals surface area (Å²) in [6, 6.07) is 6.10. The van der Waals surface area contributed by atoms with E-state index in [9.17, 15) is 9.90 Å². The molecule has 2 amide bonds. The predicted octanol–water partition coefficient (Wildman–Crippen LogP) is 2.85. The highest BCUT2D eigenvalue weighted by Gasteiger charge is 2.32. The third kappa shape index (κ3) is 4.00. The summed E-state index contributed by atoms with van der Waals surface area (Å²) < 4.78 is 10.7. The number of urea groups is 1. The van der Waals surface area contributed by atoms with Crippen LogP contribution in [0.3, 0.4) is 0 Å². The quantitative estimate of drug-likeness (QED) is 0.878. The molecule has 1 heterocycles. The summed E-state index contributed by atoms with van der Waals surface area (Å²) in [6.07, 6.45) is 4.97. The number of hydrogen-bond donors (Lipinski definition) is 2. The van der Waals surface area contributed by atoms with Gasteiger partial charge in [-0.2, -0.15) is 0 Å². The molecule has 2 aliphatic rings. The van der Waals surface area contributed by atoms with Crippen molar-refractivity contribution >= 4 is 6.03 Å². The highest BCUT2D eigenvalue weighted by Crippen LogP contribution is 2.37. The lowest BCUT2D eigenvalue weighted by Crippen LogP contribution is -2.46. The van der Waals surface area contributed by atoms with Gasteiger partial charge in [-0.1, -0.05) is 6.07 Å². The fourth-order valence-corrected chi connectivity index (χ4v) is 3.89. The van der Waals surface area contributed by atoms with Crippen molar-refractivity contribution in [3.63, 3.8) is 0 Å². The van der Waals surface area contributed by atoms with Gasteiger partial charge in [-0.05, 0) is 56.2 Å². The van der Waals surface area contributed by atoms with Gasteiger partial charge < -0.3 is 24.8 Å². The van der Waals surface area contributed by atoms with Gasteiger partial charge in [-0.25, -0.2) is 4.79 Å². The summed E-state index contributed by atoms with van der Waals surface area (Å²) in [5, 5.41) is 12.8. The molecule has 1 aliphatic heterocycles. The van der Waals surface area contributed by atoms with E-state index >= 15 is 0 Å². The molecule has 0 radical (unpaired) electrons. The molecule has 1 saturated heterocycles. The monoisotopic (exact) mass is 348 g/mol. The molecule has 138 valence electrons. The summed E-state index contributed by atoms with van der Waals surface area (Å²) in [4.78, 5) is 14.7. The number of amides is 2. The molecule has 0 aromatic heterocycles.